The van der Waals surface area contributed by atoms with Gasteiger partial charge in [0.15, 0.2) is 5.78 Å². The van der Waals surface area contributed by atoms with E-state index in [4.69, 9.17) is 0 Å². The molecule has 0 saturated carbocycles. The standard InChI is InChI=1S/C12H10F2O5/c1-18-11(17)10(16)6-9(15)7-3-2-4-8(5-7)19-12(13)14/h2-6,12,16H,1H3/b10-6-. The Morgan fingerprint density at radius 1 is 1.37 bits per heavy atom. The van der Waals surface area contributed by atoms with E-state index in [2.05, 4.69) is 9.47 Å². The first-order valence-corrected chi connectivity index (χ1v) is 5.02. The normalized spacial score (nSPS) is 11.3. The van der Waals surface area contributed by atoms with Crippen LogP contribution in [0.1, 0.15) is 10.4 Å². The number of hydrogen-bond donors (Lipinski definition) is 1. The van der Waals surface area contributed by atoms with Crippen LogP contribution >= 0.6 is 0 Å². The first-order chi connectivity index (χ1) is 8.93. The number of carbonyl (C=O) groups excluding carboxylic acids is 2. The number of benzene rings is 1. The summed E-state index contributed by atoms with van der Waals surface area (Å²) in [4.78, 5) is 22.5. The van der Waals surface area contributed by atoms with Gasteiger partial charge in [-0.15, -0.1) is 0 Å². The van der Waals surface area contributed by atoms with Gasteiger partial charge in [0.2, 0.25) is 5.76 Å². The van der Waals surface area contributed by atoms with Gasteiger partial charge in [-0.3, -0.25) is 4.79 Å². The Balaban J connectivity index is 2.91. The molecule has 0 radical (unpaired) electrons. The number of methoxy groups -OCH3 is 1. The highest BCUT2D eigenvalue weighted by Gasteiger charge is 2.12. The third-order valence-electron chi connectivity index (χ3n) is 2.01. The van der Waals surface area contributed by atoms with Crippen molar-refractivity contribution >= 4 is 11.8 Å². The second-order valence-electron chi connectivity index (χ2n) is 3.29. The smallest absolute Gasteiger partial charge is 0.387 e. The first kappa shape index (κ1) is 14.6. The molecule has 0 heterocycles. The average molecular weight is 272 g/mol. The average Bonchev–Trinajstić information content (AvgIpc) is 2.37. The van der Waals surface area contributed by atoms with Gasteiger partial charge in [0.25, 0.3) is 0 Å². The fraction of sp³-hybridized carbons (Fsp3) is 0.167. The summed E-state index contributed by atoms with van der Waals surface area (Å²) < 4.78 is 32.3. The molecule has 0 spiro atoms. The van der Waals surface area contributed by atoms with Gasteiger partial charge in [0.1, 0.15) is 5.75 Å². The molecule has 0 aliphatic rings. The maximum absolute atomic E-state index is 12.0. The Bertz CT molecular complexity index is 511. The molecule has 1 aromatic carbocycles. The number of ketones is 1. The molecule has 0 aromatic heterocycles. The predicted molar refractivity (Wildman–Crippen MR) is 60.1 cm³/mol. The van der Waals surface area contributed by atoms with Gasteiger partial charge in [-0.2, -0.15) is 8.78 Å². The molecule has 1 rings (SSSR count). The van der Waals surface area contributed by atoms with Crippen molar-refractivity contribution < 1.29 is 33.0 Å². The summed E-state index contributed by atoms with van der Waals surface area (Å²) in [7, 11) is 1.04. The van der Waals surface area contributed by atoms with E-state index >= 15 is 0 Å². The van der Waals surface area contributed by atoms with Crippen molar-refractivity contribution in [1.29, 1.82) is 0 Å². The first-order valence-electron chi connectivity index (χ1n) is 5.02. The molecule has 0 saturated heterocycles. The van der Waals surface area contributed by atoms with Crippen LogP contribution in [-0.4, -0.2) is 30.6 Å². The van der Waals surface area contributed by atoms with Gasteiger partial charge in [-0.05, 0) is 12.1 Å². The zero-order chi connectivity index (χ0) is 14.4. The largest absolute Gasteiger partial charge is 0.502 e. The van der Waals surface area contributed by atoms with Crippen molar-refractivity contribution in [3.8, 4) is 5.75 Å². The SMILES string of the molecule is COC(=O)/C(O)=C/C(=O)c1cccc(OC(F)F)c1. The van der Waals surface area contributed by atoms with E-state index in [1.807, 2.05) is 0 Å². The Kier molecular flexibility index (Phi) is 4.99. The number of esters is 1. The van der Waals surface area contributed by atoms with Crippen LogP contribution < -0.4 is 4.74 Å². The molecule has 7 heteroatoms. The molecule has 0 fully saturated rings. The van der Waals surface area contributed by atoms with Crippen LogP contribution in [0.15, 0.2) is 36.1 Å². The number of allylic oxidation sites excluding steroid dienone is 1. The monoisotopic (exact) mass is 272 g/mol. The number of alkyl halides is 2. The van der Waals surface area contributed by atoms with Gasteiger partial charge >= 0.3 is 12.6 Å². The minimum absolute atomic E-state index is 0.0198. The van der Waals surface area contributed by atoms with Crippen molar-refractivity contribution in [3.05, 3.63) is 41.7 Å². The number of aliphatic hydroxyl groups is 1. The summed E-state index contributed by atoms with van der Waals surface area (Å²) in [5, 5.41) is 9.18. The predicted octanol–water partition coefficient (Wildman–Crippen LogP) is 2.09. The third kappa shape index (κ3) is 4.38. The topological polar surface area (TPSA) is 72.8 Å². The highest BCUT2D eigenvalue weighted by Crippen LogP contribution is 2.16. The molecule has 1 N–H and O–H groups in total. The summed E-state index contributed by atoms with van der Waals surface area (Å²) in [5.41, 5.74) is -0.0198. The fourth-order valence-corrected chi connectivity index (χ4v) is 1.20. The second kappa shape index (κ2) is 6.48. The zero-order valence-corrected chi connectivity index (χ0v) is 9.80. The molecule has 102 valence electrons. The number of rotatable bonds is 5. The summed E-state index contributed by atoms with van der Waals surface area (Å²) in [6, 6.07) is 4.96. The van der Waals surface area contributed by atoms with Crippen LogP contribution in [0.25, 0.3) is 0 Å². The molecule has 0 atom stereocenters. The Hall–Kier alpha value is -2.44. The Labute approximate surface area is 107 Å². The molecular weight excluding hydrogens is 262 g/mol. The van der Waals surface area contributed by atoms with E-state index in [1.165, 1.54) is 18.2 Å². The molecule has 0 amide bonds. The molecule has 0 unspecified atom stereocenters. The van der Waals surface area contributed by atoms with E-state index in [1.54, 1.807) is 0 Å². The van der Waals surface area contributed by atoms with Gasteiger partial charge in [-0.25, -0.2) is 4.79 Å². The minimum atomic E-state index is -3.01. The lowest BCUT2D eigenvalue weighted by Gasteiger charge is -2.05. The molecule has 0 aliphatic carbocycles. The molecule has 5 nitrogen and oxygen atoms in total. The Morgan fingerprint density at radius 2 is 2.05 bits per heavy atom. The molecule has 0 aliphatic heterocycles. The lowest BCUT2D eigenvalue weighted by atomic mass is 10.1. The van der Waals surface area contributed by atoms with Crippen LogP contribution in [0, 0.1) is 0 Å². The summed E-state index contributed by atoms with van der Waals surface area (Å²) >= 11 is 0. The summed E-state index contributed by atoms with van der Waals surface area (Å²) in [6.07, 6.45) is 0.632. The van der Waals surface area contributed by atoms with Gasteiger partial charge < -0.3 is 14.6 Å². The minimum Gasteiger partial charge on any atom is -0.502 e. The summed E-state index contributed by atoms with van der Waals surface area (Å²) in [6.45, 7) is -3.01. The maximum atomic E-state index is 12.0. The van der Waals surface area contributed by atoms with E-state index in [0.29, 0.717) is 6.08 Å². The Morgan fingerprint density at radius 3 is 2.63 bits per heavy atom. The molecular formula is C12H10F2O5. The van der Waals surface area contributed by atoms with E-state index in [-0.39, 0.29) is 11.3 Å². The van der Waals surface area contributed by atoms with Gasteiger partial charge in [0.05, 0.1) is 7.11 Å². The van der Waals surface area contributed by atoms with Crippen LogP contribution in [0.4, 0.5) is 8.78 Å². The van der Waals surface area contributed by atoms with Crippen molar-refractivity contribution in [1.82, 2.24) is 0 Å². The lowest BCUT2D eigenvalue weighted by Crippen LogP contribution is -2.07. The second-order valence-corrected chi connectivity index (χ2v) is 3.29. The van der Waals surface area contributed by atoms with E-state index < -0.39 is 24.1 Å². The van der Waals surface area contributed by atoms with Crippen LogP contribution in [-0.2, 0) is 9.53 Å². The van der Waals surface area contributed by atoms with Gasteiger partial charge in [-0.1, -0.05) is 12.1 Å². The lowest BCUT2D eigenvalue weighted by molar-refractivity contribution is -0.139. The molecule has 19 heavy (non-hydrogen) atoms. The van der Waals surface area contributed by atoms with Gasteiger partial charge in [0, 0.05) is 11.6 Å². The van der Waals surface area contributed by atoms with Crippen molar-refractivity contribution in [2.75, 3.05) is 7.11 Å². The fourth-order valence-electron chi connectivity index (χ4n) is 1.20. The number of carbonyl (C=O) groups is 2. The highest BCUT2D eigenvalue weighted by molar-refractivity contribution is 6.08. The van der Waals surface area contributed by atoms with E-state index in [9.17, 15) is 23.5 Å². The van der Waals surface area contributed by atoms with Crippen LogP contribution in [0.5, 0.6) is 5.75 Å². The summed E-state index contributed by atoms with van der Waals surface area (Å²) in [5.74, 6) is -2.91. The van der Waals surface area contributed by atoms with Crippen molar-refractivity contribution in [2.45, 2.75) is 6.61 Å². The third-order valence-corrected chi connectivity index (χ3v) is 2.01. The molecule has 1 aromatic rings. The van der Waals surface area contributed by atoms with E-state index in [0.717, 1.165) is 13.2 Å². The number of hydrogen-bond acceptors (Lipinski definition) is 5. The van der Waals surface area contributed by atoms with Crippen molar-refractivity contribution in [2.24, 2.45) is 0 Å². The maximum Gasteiger partial charge on any atom is 0.387 e. The number of ether oxygens (including phenoxy) is 2. The van der Waals surface area contributed by atoms with Crippen molar-refractivity contribution in [3.63, 3.8) is 0 Å². The molecule has 0 bridgehead atoms. The number of halogens is 2. The van der Waals surface area contributed by atoms with Crippen LogP contribution in [0.2, 0.25) is 0 Å². The zero-order valence-electron chi connectivity index (χ0n) is 9.80. The highest BCUT2D eigenvalue weighted by atomic mass is 19.3. The van der Waals surface area contributed by atoms with Crippen LogP contribution in [0.3, 0.4) is 0 Å². The number of aliphatic hydroxyl groups excluding tert-OH is 1. The quantitative estimate of drug-likeness (QED) is 0.384.